The fourth-order valence-corrected chi connectivity index (χ4v) is 3.99. The van der Waals surface area contributed by atoms with Gasteiger partial charge >= 0.3 is 0 Å². The Morgan fingerprint density at radius 3 is 1.38 bits per heavy atom. The molecule has 170 valence electrons. The molecule has 4 aromatic carbocycles. The largest absolute Gasteiger partial charge is 0.311 e. The molecule has 0 amide bonds. The van der Waals surface area contributed by atoms with Crippen LogP contribution in [0.5, 0.6) is 0 Å². The third kappa shape index (κ3) is 6.14. The van der Waals surface area contributed by atoms with Gasteiger partial charge in [-0.05, 0) is 73.4 Å². The molecule has 0 radical (unpaired) electrons. The summed E-state index contributed by atoms with van der Waals surface area (Å²) in [5, 5.41) is 0. The normalized spacial score (nSPS) is 11.4. The van der Waals surface area contributed by atoms with E-state index < -0.39 is 0 Å². The highest BCUT2D eigenvalue weighted by atomic mass is 15.1. The van der Waals surface area contributed by atoms with Gasteiger partial charge < -0.3 is 4.90 Å². The molecule has 0 heterocycles. The molecule has 0 aliphatic rings. The minimum absolute atomic E-state index is 1.12. The zero-order valence-electron chi connectivity index (χ0n) is 20.4. The molecule has 0 fully saturated rings. The Morgan fingerprint density at radius 2 is 0.912 bits per heavy atom. The summed E-state index contributed by atoms with van der Waals surface area (Å²) < 4.78 is 0. The standard InChI is InChI=1S/C33H33N/c1-4-7-28-16-22-32(23-17-28)34(31-20-12-27(3)13-21-31)33-24-18-30(19-25-33)9-6-5-8-29-14-10-26(2)11-15-29/h5-6,8-25H,4,7H2,1-3H3/b8-5+,9-6+. The zero-order chi connectivity index (χ0) is 23.8. The maximum absolute atomic E-state index is 2.32. The van der Waals surface area contributed by atoms with E-state index in [4.69, 9.17) is 0 Å². The van der Waals surface area contributed by atoms with Crippen LogP contribution >= 0.6 is 0 Å². The van der Waals surface area contributed by atoms with Gasteiger partial charge in [0.1, 0.15) is 0 Å². The van der Waals surface area contributed by atoms with Crippen LogP contribution in [0.4, 0.5) is 17.1 Å². The van der Waals surface area contributed by atoms with Crippen LogP contribution in [-0.4, -0.2) is 0 Å². The fraction of sp³-hybridized carbons (Fsp3) is 0.152. The second-order valence-electron chi connectivity index (χ2n) is 8.81. The van der Waals surface area contributed by atoms with Crippen molar-refractivity contribution in [2.75, 3.05) is 4.90 Å². The Labute approximate surface area is 204 Å². The third-order valence-electron chi connectivity index (χ3n) is 5.94. The molecule has 0 aromatic heterocycles. The van der Waals surface area contributed by atoms with E-state index in [-0.39, 0.29) is 0 Å². The SMILES string of the molecule is CCCc1ccc(N(c2ccc(C)cc2)c2ccc(/C=C/C=C/c3ccc(C)cc3)cc2)cc1. The average Bonchev–Trinajstić information content (AvgIpc) is 2.86. The lowest BCUT2D eigenvalue weighted by atomic mass is 10.1. The van der Waals surface area contributed by atoms with Gasteiger partial charge in [0.25, 0.3) is 0 Å². The maximum Gasteiger partial charge on any atom is 0.0462 e. The van der Waals surface area contributed by atoms with Crippen molar-refractivity contribution in [1.29, 1.82) is 0 Å². The van der Waals surface area contributed by atoms with Crippen molar-refractivity contribution < 1.29 is 0 Å². The van der Waals surface area contributed by atoms with Crippen LogP contribution < -0.4 is 4.90 Å². The van der Waals surface area contributed by atoms with Crippen LogP contribution in [-0.2, 0) is 6.42 Å². The number of anilines is 3. The minimum atomic E-state index is 1.12. The summed E-state index contributed by atoms with van der Waals surface area (Å²) in [6, 6.07) is 35.0. The minimum Gasteiger partial charge on any atom is -0.311 e. The predicted octanol–water partition coefficient (Wildman–Crippen LogP) is 9.45. The number of rotatable bonds is 8. The smallest absolute Gasteiger partial charge is 0.0462 e. The van der Waals surface area contributed by atoms with Crippen molar-refractivity contribution in [2.24, 2.45) is 0 Å². The van der Waals surface area contributed by atoms with Crippen molar-refractivity contribution in [3.63, 3.8) is 0 Å². The molecular formula is C33H33N. The number of benzene rings is 4. The quantitative estimate of drug-likeness (QED) is 0.245. The van der Waals surface area contributed by atoms with Crippen LogP contribution in [0.1, 0.15) is 41.2 Å². The van der Waals surface area contributed by atoms with Crippen LogP contribution in [0.25, 0.3) is 12.2 Å². The molecule has 0 bridgehead atoms. The van der Waals surface area contributed by atoms with Crippen LogP contribution in [0.2, 0.25) is 0 Å². The lowest BCUT2D eigenvalue weighted by molar-refractivity contribution is 0.922. The van der Waals surface area contributed by atoms with Crippen molar-refractivity contribution in [3.05, 3.63) is 137 Å². The summed E-state index contributed by atoms with van der Waals surface area (Å²) in [6.07, 6.45) is 10.7. The van der Waals surface area contributed by atoms with Gasteiger partial charge in [0, 0.05) is 17.1 Å². The zero-order valence-corrected chi connectivity index (χ0v) is 20.4. The first kappa shape index (κ1) is 23.3. The molecule has 0 spiro atoms. The number of hydrogen-bond donors (Lipinski definition) is 0. The number of aryl methyl sites for hydroxylation is 3. The molecule has 0 aliphatic heterocycles. The fourth-order valence-electron chi connectivity index (χ4n) is 3.99. The van der Waals surface area contributed by atoms with E-state index in [2.05, 4.69) is 147 Å². The third-order valence-corrected chi connectivity index (χ3v) is 5.94. The number of allylic oxidation sites excluding steroid dienone is 2. The van der Waals surface area contributed by atoms with Crippen molar-refractivity contribution in [1.82, 2.24) is 0 Å². The molecule has 0 saturated carbocycles. The van der Waals surface area contributed by atoms with E-state index in [1.807, 2.05) is 0 Å². The van der Waals surface area contributed by atoms with Gasteiger partial charge in [0.2, 0.25) is 0 Å². The Hall–Kier alpha value is -3.84. The van der Waals surface area contributed by atoms with Gasteiger partial charge in [0.05, 0.1) is 0 Å². The Morgan fingerprint density at radius 1 is 0.529 bits per heavy atom. The van der Waals surface area contributed by atoms with Crippen LogP contribution in [0.3, 0.4) is 0 Å². The number of nitrogens with zero attached hydrogens (tertiary/aromatic N) is 1. The van der Waals surface area contributed by atoms with E-state index in [1.54, 1.807) is 0 Å². The van der Waals surface area contributed by atoms with Crippen molar-refractivity contribution >= 4 is 29.2 Å². The van der Waals surface area contributed by atoms with E-state index in [1.165, 1.54) is 33.5 Å². The summed E-state index contributed by atoms with van der Waals surface area (Å²) in [6.45, 7) is 6.46. The Kier molecular flexibility index (Phi) is 7.78. The predicted molar refractivity (Wildman–Crippen MR) is 149 cm³/mol. The topological polar surface area (TPSA) is 3.24 Å². The second-order valence-corrected chi connectivity index (χ2v) is 8.81. The van der Waals surface area contributed by atoms with E-state index >= 15 is 0 Å². The molecule has 0 saturated heterocycles. The van der Waals surface area contributed by atoms with Crippen LogP contribution in [0.15, 0.2) is 109 Å². The highest BCUT2D eigenvalue weighted by molar-refractivity contribution is 5.77. The molecular weight excluding hydrogens is 410 g/mol. The van der Waals surface area contributed by atoms with Gasteiger partial charge in [0.15, 0.2) is 0 Å². The molecule has 0 N–H and O–H groups in total. The van der Waals surface area contributed by atoms with Gasteiger partial charge in [-0.25, -0.2) is 0 Å². The highest BCUT2D eigenvalue weighted by Gasteiger charge is 2.12. The van der Waals surface area contributed by atoms with Gasteiger partial charge in [-0.3, -0.25) is 0 Å². The molecule has 34 heavy (non-hydrogen) atoms. The van der Waals surface area contributed by atoms with Gasteiger partial charge in [-0.15, -0.1) is 0 Å². The van der Waals surface area contributed by atoms with Crippen molar-refractivity contribution in [3.8, 4) is 0 Å². The molecule has 1 nitrogen and oxygen atoms in total. The summed E-state index contributed by atoms with van der Waals surface area (Å²) in [7, 11) is 0. The lowest BCUT2D eigenvalue weighted by Crippen LogP contribution is -2.10. The van der Waals surface area contributed by atoms with E-state index in [9.17, 15) is 0 Å². The van der Waals surface area contributed by atoms with E-state index in [0.717, 1.165) is 24.2 Å². The monoisotopic (exact) mass is 443 g/mol. The Bertz CT molecular complexity index is 1230. The second kappa shape index (κ2) is 11.3. The molecule has 4 aromatic rings. The average molecular weight is 444 g/mol. The summed E-state index contributed by atoms with van der Waals surface area (Å²) >= 11 is 0. The molecule has 1 heteroatoms. The first-order valence-corrected chi connectivity index (χ1v) is 12.1. The molecule has 0 atom stereocenters. The van der Waals surface area contributed by atoms with Crippen molar-refractivity contribution in [2.45, 2.75) is 33.6 Å². The molecule has 0 aliphatic carbocycles. The molecule has 0 unspecified atom stereocenters. The van der Waals surface area contributed by atoms with Gasteiger partial charge in [-0.2, -0.15) is 0 Å². The first-order chi connectivity index (χ1) is 16.6. The Balaban J connectivity index is 1.55. The number of hydrogen-bond acceptors (Lipinski definition) is 1. The first-order valence-electron chi connectivity index (χ1n) is 12.1. The molecule has 4 rings (SSSR count). The van der Waals surface area contributed by atoms with Gasteiger partial charge in [-0.1, -0.05) is 109 Å². The van der Waals surface area contributed by atoms with E-state index in [0.29, 0.717) is 0 Å². The summed E-state index contributed by atoms with van der Waals surface area (Å²) in [4.78, 5) is 2.32. The maximum atomic E-state index is 2.32. The van der Waals surface area contributed by atoms with Crippen LogP contribution in [0, 0.1) is 13.8 Å². The summed E-state index contributed by atoms with van der Waals surface area (Å²) in [5.41, 5.74) is 9.81. The summed E-state index contributed by atoms with van der Waals surface area (Å²) in [5.74, 6) is 0. The highest BCUT2D eigenvalue weighted by Crippen LogP contribution is 2.35. The lowest BCUT2D eigenvalue weighted by Gasteiger charge is -2.26.